The number of thiophene rings is 1. The van der Waals surface area contributed by atoms with E-state index in [1.165, 1.54) is 17.7 Å². The molecule has 0 aromatic carbocycles. The lowest BCUT2D eigenvalue weighted by Crippen LogP contribution is -2.04. The summed E-state index contributed by atoms with van der Waals surface area (Å²) >= 11 is 6.02. The van der Waals surface area contributed by atoms with Gasteiger partial charge in [0.1, 0.15) is 5.82 Å². The monoisotopic (exact) mass is 266 g/mol. The van der Waals surface area contributed by atoms with E-state index in [1.54, 1.807) is 11.3 Å². The molecule has 1 atom stereocenters. The second-order valence-corrected chi connectivity index (χ2v) is 5.72. The Morgan fingerprint density at radius 2 is 2.35 bits per heavy atom. The lowest BCUT2D eigenvalue weighted by Gasteiger charge is -2.11. The van der Waals surface area contributed by atoms with Gasteiger partial charge in [-0.1, -0.05) is 13.0 Å². The molecule has 0 aliphatic heterocycles. The predicted octanol–water partition coefficient (Wildman–Crippen LogP) is 3.96. The molecular weight excluding hydrogens is 248 g/mol. The van der Waals surface area contributed by atoms with Gasteiger partial charge in [0, 0.05) is 18.9 Å². The Balaban J connectivity index is 2.00. The topological polar surface area (TPSA) is 17.8 Å². The van der Waals surface area contributed by atoms with E-state index in [4.69, 9.17) is 0 Å². The van der Waals surface area contributed by atoms with Crippen molar-refractivity contribution >= 4 is 24.0 Å². The molecule has 92 valence electrons. The standard InChI is InChI=1S/C13H18N2S2/c1-11(5-9-16)4-7-15-8-6-14-13(15)12-3-2-10-17-12/h2-3,6,8,10-11,16H,4-5,7,9H2,1H3. The number of aryl methyl sites for hydroxylation is 1. The molecule has 0 bridgehead atoms. The van der Waals surface area contributed by atoms with Crippen molar-refractivity contribution in [3.63, 3.8) is 0 Å². The van der Waals surface area contributed by atoms with Gasteiger partial charge < -0.3 is 4.57 Å². The van der Waals surface area contributed by atoms with Crippen LogP contribution in [-0.2, 0) is 6.54 Å². The molecule has 0 spiro atoms. The molecule has 0 N–H and O–H groups in total. The zero-order chi connectivity index (χ0) is 12.1. The SMILES string of the molecule is CC(CCS)CCn1ccnc1-c1cccs1. The maximum Gasteiger partial charge on any atom is 0.149 e. The van der Waals surface area contributed by atoms with Crippen molar-refractivity contribution in [1.82, 2.24) is 9.55 Å². The van der Waals surface area contributed by atoms with E-state index >= 15 is 0 Å². The fourth-order valence-electron chi connectivity index (χ4n) is 1.84. The van der Waals surface area contributed by atoms with Crippen LogP contribution in [0.4, 0.5) is 0 Å². The molecule has 2 aromatic heterocycles. The van der Waals surface area contributed by atoms with Crippen molar-refractivity contribution in [3.05, 3.63) is 29.9 Å². The Morgan fingerprint density at radius 1 is 1.47 bits per heavy atom. The molecule has 0 aliphatic carbocycles. The number of imidazole rings is 1. The van der Waals surface area contributed by atoms with Crippen LogP contribution >= 0.6 is 24.0 Å². The molecule has 0 fully saturated rings. The van der Waals surface area contributed by atoms with E-state index < -0.39 is 0 Å². The highest BCUT2D eigenvalue weighted by molar-refractivity contribution is 7.80. The number of aromatic nitrogens is 2. The van der Waals surface area contributed by atoms with Gasteiger partial charge in [0.15, 0.2) is 0 Å². The summed E-state index contributed by atoms with van der Waals surface area (Å²) in [6, 6.07) is 4.20. The van der Waals surface area contributed by atoms with Gasteiger partial charge in [-0.3, -0.25) is 0 Å². The zero-order valence-corrected chi connectivity index (χ0v) is 11.8. The third kappa shape index (κ3) is 3.36. The number of thiol groups is 1. The first-order chi connectivity index (χ1) is 8.31. The summed E-state index contributed by atoms with van der Waals surface area (Å²) in [7, 11) is 0. The second-order valence-electron chi connectivity index (χ2n) is 4.33. The first-order valence-electron chi connectivity index (χ1n) is 5.97. The van der Waals surface area contributed by atoms with Crippen LogP contribution in [0.25, 0.3) is 10.7 Å². The van der Waals surface area contributed by atoms with E-state index in [2.05, 4.69) is 52.8 Å². The zero-order valence-electron chi connectivity index (χ0n) is 10.0. The van der Waals surface area contributed by atoms with Crippen molar-refractivity contribution in [2.75, 3.05) is 5.75 Å². The summed E-state index contributed by atoms with van der Waals surface area (Å²) in [5.41, 5.74) is 0. The van der Waals surface area contributed by atoms with Crippen molar-refractivity contribution in [2.45, 2.75) is 26.3 Å². The quantitative estimate of drug-likeness (QED) is 0.784. The average Bonchev–Trinajstić information content (AvgIpc) is 2.97. The summed E-state index contributed by atoms with van der Waals surface area (Å²) in [6.45, 7) is 3.33. The molecule has 4 heteroatoms. The molecule has 1 unspecified atom stereocenters. The van der Waals surface area contributed by atoms with E-state index in [-0.39, 0.29) is 0 Å². The van der Waals surface area contributed by atoms with E-state index in [0.29, 0.717) is 0 Å². The summed E-state index contributed by atoms with van der Waals surface area (Å²) < 4.78 is 2.25. The van der Waals surface area contributed by atoms with E-state index in [9.17, 15) is 0 Å². The van der Waals surface area contributed by atoms with Crippen LogP contribution in [0, 0.1) is 5.92 Å². The highest BCUT2D eigenvalue weighted by atomic mass is 32.1. The Kier molecular flexibility index (Phi) is 4.68. The Labute approximate surface area is 112 Å². The lowest BCUT2D eigenvalue weighted by atomic mass is 10.1. The normalized spacial score (nSPS) is 12.8. The van der Waals surface area contributed by atoms with Gasteiger partial charge in [-0.25, -0.2) is 4.98 Å². The van der Waals surface area contributed by atoms with Gasteiger partial charge in [-0.15, -0.1) is 11.3 Å². The molecule has 0 saturated carbocycles. The van der Waals surface area contributed by atoms with Crippen LogP contribution < -0.4 is 0 Å². The second kappa shape index (κ2) is 6.26. The van der Waals surface area contributed by atoms with Gasteiger partial charge in [0.2, 0.25) is 0 Å². The third-order valence-corrected chi connectivity index (χ3v) is 4.07. The van der Waals surface area contributed by atoms with Crippen molar-refractivity contribution in [2.24, 2.45) is 5.92 Å². The molecule has 0 saturated heterocycles. The van der Waals surface area contributed by atoms with Gasteiger partial charge >= 0.3 is 0 Å². The number of nitrogens with zero attached hydrogens (tertiary/aromatic N) is 2. The highest BCUT2D eigenvalue weighted by Crippen LogP contribution is 2.23. The summed E-state index contributed by atoms with van der Waals surface area (Å²) in [4.78, 5) is 5.69. The Bertz CT molecular complexity index is 434. The summed E-state index contributed by atoms with van der Waals surface area (Å²) in [5.74, 6) is 2.80. The molecule has 2 aromatic rings. The van der Waals surface area contributed by atoms with E-state index in [1.807, 2.05) is 6.20 Å². The van der Waals surface area contributed by atoms with E-state index in [0.717, 1.165) is 24.0 Å². The van der Waals surface area contributed by atoms with Gasteiger partial charge in [0.05, 0.1) is 4.88 Å². The Hall–Kier alpha value is -0.740. The molecule has 0 amide bonds. The van der Waals surface area contributed by atoms with Gasteiger partial charge in [0.25, 0.3) is 0 Å². The Morgan fingerprint density at radius 3 is 3.06 bits per heavy atom. The van der Waals surface area contributed by atoms with Crippen LogP contribution in [0.3, 0.4) is 0 Å². The van der Waals surface area contributed by atoms with Crippen molar-refractivity contribution in [3.8, 4) is 10.7 Å². The maximum absolute atomic E-state index is 4.44. The lowest BCUT2D eigenvalue weighted by molar-refractivity contribution is 0.473. The third-order valence-electron chi connectivity index (χ3n) is 2.94. The van der Waals surface area contributed by atoms with Crippen LogP contribution in [0.2, 0.25) is 0 Å². The number of hydrogen-bond acceptors (Lipinski definition) is 3. The summed E-state index contributed by atoms with van der Waals surface area (Å²) in [5, 5.41) is 2.10. The molecule has 0 aliphatic rings. The first kappa shape index (κ1) is 12.7. The largest absolute Gasteiger partial charge is 0.330 e. The van der Waals surface area contributed by atoms with Crippen molar-refractivity contribution < 1.29 is 0 Å². The minimum atomic E-state index is 0.728. The number of hydrogen-bond donors (Lipinski definition) is 1. The molecule has 2 nitrogen and oxygen atoms in total. The fourth-order valence-corrected chi connectivity index (χ4v) is 3.02. The first-order valence-corrected chi connectivity index (χ1v) is 7.48. The maximum atomic E-state index is 4.44. The molecule has 2 rings (SSSR count). The van der Waals surface area contributed by atoms with Crippen LogP contribution in [0.15, 0.2) is 29.9 Å². The van der Waals surface area contributed by atoms with Crippen LogP contribution in [0.1, 0.15) is 19.8 Å². The molecule has 2 heterocycles. The predicted molar refractivity (Wildman–Crippen MR) is 77.8 cm³/mol. The van der Waals surface area contributed by atoms with Gasteiger partial charge in [-0.05, 0) is 36.0 Å². The van der Waals surface area contributed by atoms with Crippen LogP contribution in [-0.4, -0.2) is 15.3 Å². The fraction of sp³-hybridized carbons (Fsp3) is 0.462. The highest BCUT2D eigenvalue weighted by Gasteiger charge is 2.08. The van der Waals surface area contributed by atoms with Crippen molar-refractivity contribution in [1.29, 1.82) is 0 Å². The van der Waals surface area contributed by atoms with Gasteiger partial charge in [-0.2, -0.15) is 12.6 Å². The minimum Gasteiger partial charge on any atom is -0.330 e. The molecule has 17 heavy (non-hydrogen) atoms. The number of rotatable bonds is 6. The minimum absolute atomic E-state index is 0.728. The molecular formula is C13H18N2S2. The summed E-state index contributed by atoms with van der Waals surface area (Å²) in [6.07, 6.45) is 6.34. The van der Waals surface area contributed by atoms with Crippen LogP contribution in [0.5, 0.6) is 0 Å². The molecule has 0 radical (unpaired) electrons. The average molecular weight is 266 g/mol. The smallest absolute Gasteiger partial charge is 0.149 e.